The Morgan fingerprint density at radius 2 is 1.68 bits per heavy atom. The van der Waals surface area contributed by atoms with Gasteiger partial charge in [0.05, 0.1) is 11.5 Å². The van der Waals surface area contributed by atoms with Gasteiger partial charge in [-0.3, -0.25) is 10.1 Å². The first kappa shape index (κ1) is 17.8. The quantitative estimate of drug-likeness (QED) is 0.472. The number of non-ortho nitro benzene ring substituents is 1. The molecule has 0 spiro atoms. The molecule has 0 aliphatic carbocycles. The largest absolute Gasteiger partial charge is 0.345 e. The van der Waals surface area contributed by atoms with Crippen molar-refractivity contribution in [1.29, 1.82) is 0 Å². The summed E-state index contributed by atoms with van der Waals surface area (Å²) in [5.41, 5.74) is 6.43. The van der Waals surface area contributed by atoms with Crippen LogP contribution < -0.4 is 5.73 Å². The van der Waals surface area contributed by atoms with Crippen LogP contribution in [0.15, 0.2) is 24.3 Å². The molecule has 0 atom stereocenters. The number of benzene rings is 1. The van der Waals surface area contributed by atoms with E-state index in [-0.39, 0.29) is 24.6 Å². The van der Waals surface area contributed by atoms with E-state index in [1.807, 2.05) is 13.8 Å². The van der Waals surface area contributed by atoms with Crippen molar-refractivity contribution < 1.29 is 14.4 Å². The molecule has 0 heterocycles. The number of nitrogens with two attached hydrogens (primary N) is 1. The molecule has 1 aromatic carbocycles. The van der Waals surface area contributed by atoms with Crippen LogP contribution in [0.25, 0.3) is 0 Å². The predicted molar refractivity (Wildman–Crippen MR) is 74.3 cm³/mol. The highest BCUT2D eigenvalue weighted by molar-refractivity contribution is 5.85. The van der Waals surface area contributed by atoms with Crippen LogP contribution in [0.1, 0.15) is 19.4 Å². The Hall–Kier alpha value is -1.21. The summed E-state index contributed by atoms with van der Waals surface area (Å²) in [5, 5.41) is 10.6. The molecule has 1 aromatic rings. The molecule has 19 heavy (non-hydrogen) atoms. The molecule has 0 amide bonds. The molecule has 7 heteroatoms. The van der Waals surface area contributed by atoms with Crippen molar-refractivity contribution in [3.63, 3.8) is 0 Å². The Labute approximate surface area is 118 Å². The standard InChI is InChI=1S/C12H18N2O4.ClH/c1-3-17-12(9-13,18-4-2)10-5-7-11(8-6-10)14(15)16;/h5-8H,3-4,9,13H2,1-2H3;1H. The highest BCUT2D eigenvalue weighted by Crippen LogP contribution is 2.28. The smallest absolute Gasteiger partial charge is 0.269 e. The summed E-state index contributed by atoms with van der Waals surface area (Å²) in [6.07, 6.45) is 0. The third kappa shape index (κ3) is 4.14. The maximum Gasteiger partial charge on any atom is 0.269 e. The van der Waals surface area contributed by atoms with Gasteiger partial charge in [0.15, 0.2) is 0 Å². The number of halogens is 1. The lowest BCUT2D eigenvalue weighted by atomic mass is 10.1. The molecule has 0 aliphatic heterocycles. The zero-order valence-corrected chi connectivity index (χ0v) is 11.8. The van der Waals surface area contributed by atoms with Crippen LogP contribution in [0.3, 0.4) is 0 Å². The first-order valence-electron chi connectivity index (χ1n) is 5.82. The van der Waals surface area contributed by atoms with Crippen molar-refractivity contribution in [2.24, 2.45) is 5.73 Å². The van der Waals surface area contributed by atoms with Crippen LogP contribution in [-0.2, 0) is 15.3 Å². The van der Waals surface area contributed by atoms with Crippen LogP contribution in [0, 0.1) is 10.1 Å². The second kappa shape index (κ2) is 8.06. The van der Waals surface area contributed by atoms with Crippen LogP contribution >= 0.6 is 12.4 Å². The van der Waals surface area contributed by atoms with Crippen molar-refractivity contribution in [3.05, 3.63) is 39.9 Å². The van der Waals surface area contributed by atoms with Gasteiger partial charge in [-0.05, 0) is 26.0 Å². The number of nitrogens with zero attached hydrogens (tertiary/aromatic N) is 1. The average molecular weight is 291 g/mol. The molecular weight excluding hydrogens is 272 g/mol. The Kier molecular flexibility index (Phi) is 7.55. The van der Waals surface area contributed by atoms with Crippen molar-refractivity contribution in [2.75, 3.05) is 19.8 Å². The van der Waals surface area contributed by atoms with E-state index in [1.54, 1.807) is 12.1 Å². The van der Waals surface area contributed by atoms with E-state index < -0.39 is 10.7 Å². The molecule has 0 radical (unpaired) electrons. The molecule has 0 bridgehead atoms. The Balaban J connectivity index is 0.00000324. The fraction of sp³-hybridized carbons (Fsp3) is 0.500. The molecule has 2 N–H and O–H groups in total. The van der Waals surface area contributed by atoms with Crippen LogP contribution in [0.4, 0.5) is 5.69 Å². The van der Waals surface area contributed by atoms with E-state index in [9.17, 15) is 10.1 Å². The van der Waals surface area contributed by atoms with Crippen molar-refractivity contribution >= 4 is 18.1 Å². The van der Waals surface area contributed by atoms with Gasteiger partial charge in [0, 0.05) is 30.9 Å². The highest BCUT2D eigenvalue weighted by Gasteiger charge is 2.32. The normalized spacial score (nSPS) is 10.9. The van der Waals surface area contributed by atoms with Gasteiger partial charge in [-0.25, -0.2) is 0 Å². The van der Waals surface area contributed by atoms with Gasteiger partial charge in [-0.15, -0.1) is 12.4 Å². The van der Waals surface area contributed by atoms with E-state index in [0.717, 1.165) is 0 Å². The average Bonchev–Trinajstić information content (AvgIpc) is 2.38. The fourth-order valence-electron chi connectivity index (χ4n) is 1.75. The summed E-state index contributed by atoms with van der Waals surface area (Å²) in [5.74, 6) is -1.03. The maximum absolute atomic E-state index is 10.6. The molecular formula is C12H19ClN2O4. The molecule has 0 saturated carbocycles. The van der Waals surface area contributed by atoms with Crippen molar-refractivity contribution in [1.82, 2.24) is 0 Å². The SMILES string of the molecule is CCOC(CN)(OCC)c1ccc([N+](=O)[O-])cc1.Cl. The number of ether oxygens (including phenoxy) is 2. The van der Waals surface area contributed by atoms with E-state index in [4.69, 9.17) is 15.2 Å². The van der Waals surface area contributed by atoms with E-state index in [1.165, 1.54) is 12.1 Å². The number of nitro groups is 1. The monoisotopic (exact) mass is 290 g/mol. The minimum Gasteiger partial charge on any atom is -0.345 e. The van der Waals surface area contributed by atoms with Crippen molar-refractivity contribution in [2.45, 2.75) is 19.6 Å². The summed E-state index contributed by atoms with van der Waals surface area (Å²) in [6, 6.07) is 6.04. The molecule has 6 nitrogen and oxygen atoms in total. The highest BCUT2D eigenvalue weighted by atomic mass is 35.5. The summed E-state index contributed by atoms with van der Waals surface area (Å²) < 4.78 is 11.2. The predicted octanol–water partition coefficient (Wildman–Crippen LogP) is 2.20. The Bertz CT molecular complexity index is 391. The van der Waals surface area contributed by atoms with Crippen LogP contribution in [-0.4, -0.2) is 24.7 Å². The Morgan fingerprint density at radius 1 is 1.21 bits per heavy atom. The molecule has 0 aromatic heterocycles. The fourth-order valence-corrected chi connectivity index (χ4v) is 1.75. The van der Waals surface area contributed by atoms with Crippen molar-refractivity contribution in [3.8, 4) is 0 Å². The lowest BCUT2D eigenvalue weighted by molar-refractivity contribution is -0.384. The molecule has 108 valence electrons. The van der Waals surface area contributed by atoms with E-state index in [2.05, 4.69) is 0 Å². The maximum atomic E-state index is 10.6. The lowest BCUT2D eigenvalue weighted by Gasteiger charge is -2.32. The number of hydrogen-bond acceptors (Lipinski definition) is 5. The molecule has 0 fully saturated rings. The first-order valence-corrected chi connectivity index (χ1v) is 5.82. The number of nitro benzene ring substituents is 1. The van der Waals surface area contributed by atoms with Gasteiger partial charge in [-0.2, -0.15) is 0 Å². The van der Waals surface area contributed by atoms with Gasteiger partial charge in [0.1, 0.15) is 0 Å². The topological polar surface area (TPSA) is 87.6 Å². The second-order valence-corrected chi connectivity index (χ2v) is 3.63. The number of rotatable bonds is 7. The van der Waals surface area contributed by atoms with Gasteiger partial charge >= 0.3 is 0 Å². The van der Waals surface area contributed by atoms with Gasteiger partial charge in [0.2, 0.25) is 5.79 Å². The number of hydrogen-bond donors (Lipinski definition) is 1. The van der Waals surface area contributed by atoms with Gasteiger partial charge in [-0.1, -0.05) is 0 Å². The summed E-state index contributed by atoms with van der Waals surface area (Å²) >= 11 is 0. The zero-order valence-electron chi connectivity index (χ0n) is 11.0. The molecule has 0 aliphatic rings. The Morgan fingerprint density at radius 3 is 2.00 bits per heavy atom. The minimum atomic E-state index is -1.03. The molecule has 0 unspecified atom stereocenters. The van der Waals surface area contributed by atoms with Crippen LogP contribution in [0.2, 0.25) is 0 Å². The zero-order chi connectivity index (χ0) is 13.6. The first-order chi connectivity index (χ1) is 8.59. The minimum absolute atomic E-state index is 0. The summed E-state index contributed by atoms with van der Waals surface area (Å²) in [7, 11) is 0. The third-order valence-electron chi connectivity index (χ3n) is 2.54. The molecule has 1 rings (SSSR count). The van der Waals surface area contributed by atoms with Gasteiger partial charge < -0.3 is 15.2 Å². The van der Waals surface area contributed by atoms with E-state index >= 15 is 0 Å². The lowest BCUT2D eigenvalue weighted by Crippen LogP contribution is -2.41. The summed E-state index contributed by atoms with van der Waals surface area (Å²) in [4.78, 5) is 10.2. The molecule has 0 saturated heterocycles. The summed E-state index contributed by atoms with van der Waals surface area (Å²) in [6.45, 7) is 4.71. The second-order valence-electron chi connectivity index (χ2n) is 3.63. The van der Waals surface area contributed by atoms with E-state index in [0.29, 0.717) is 18.8 Å². The van der Waals surface area contributed by atoms with Crippen LogP contribution in [0.5, 0.6) is 0 Å². The van der Waals surface area contributed by atoms with Gasteiger partial charge in [0.25, 0.3) is 5.69 Å². The third-order valence-corrected chi connectivity index (χ3v) is 2.54.